The summed E-state index contributed by atoms with van der Waals surface area (Å²) >= 11 is 0. The summed E-state index contributed by atoms with van der Waals surface area (Å²) in [7, 11) is 0. The lowest BCUT2D eigenvalue weighted by Crippen LogP contribution is -2.41. The Morgan fingerprint density at radius 3 is 2.07 bits per heavy atom. The van der Waals surface area contributed by atoms with Gasteiger partial charge in [0, 0.05) is 37.9 Å². The van der Waals surface area contributed by atoms with Crippen molar-refractivity contribution >= 4 is 17.8 Å². The molecule has 0 bridgehead atoms. The molecule has 0 saturated heterocycles. The number of nitrogens with zero attached hydrogens (tertiary/aromatic N) is 1. The van der Waals surface area contributed by atoms with Gasteiger partial charge in [-0.1, -0.05) is 0 Å². The molecule has 0 radical (unpaired) electrons. The highest BCUT2D eigenvalue weighted by atomic mass is 19.4. The Balaban J connectivity index is 1.57. The number of nitrogens with one attached hydrogen (secondary N) is 4. The molecule has 0 fully saturated rings. The lowest BCUT2D eigenvalue weighted by molar-refractivity contribution is -0.137. The molecule has 0 atom stereocenters. The van der Waals surface area contributed by atoms with Crippen LogP contribution >= 0.6 is 0 Å². The third-order valence-corrected chi connectivity index (χ3v) is 3.61. The molecule has 0 spiro atoms. The van der Waals surface area contributed by atoms with Crippen LogP contribution in [0.2, 0.25) is 0 Å². The molecule has 1 aromatic carbocycles. The maximum absolute atomic E-state index is 12.8. The van der Waals surface area contributed by atoms with Crippen molar-refractivity contribution in [3.63, 3.8) is 0 Å². The highest BCUT2D eigenvalue weighted by Gasteiger charge is 2.30. The van der Waals surface area contributed by atoms with Gasteiger partial charge in [0.25, 0.3) is 5.91 Å². The van der Waals surface area contributed by atoms with E-state index in [9.17, 15) is 27.2 Å². The van der Waals surface area contributed by atoms with Gasteiger partial charge in [-0.2, -0.15) is 13.2 Å². The molecule has 4 N–H and O–H groups in total. The van der Waals surface area contributed by atoms with Gasteiger partial charge in [0.2, 0.25) is 0 Å². The van der Waals surface area contributed by atoms with Crippen LogP contribution in [0.3, 0.4) is 0 Å². The molecule has 1 heterocycles. The average Bonchev–Trinajstić information content (AvgIpc) is 2.68. The highest BCUT2D eigenvalue weighted by Crippen LogP contribution is 2.28. The topological polar surface area (TPSA) is 95.2 Å². The summed E-state index contributed by atoms with van der Waals surface area (Å²) < 4.78 is 50.1. The Morgan fingerprint density at radius 2 is 1.48 bits per heavy atom. The molecule has 3 amide bonds. The number of pyridine rings is 1. The SMILES string of the molecule is O=C(NCCNC(=O)c1ccc(F)cc1)NCCNc1ccc(C(F)(F)F)cn1. The minimum absolute atomic E-state index is 0.173. The quantitative estimate of drug-likeness (QED) is 0.395. The predicted molar refractivity (Wildman–Crippen MR) is 97.9 cm³/mol. The zero-order valence-electron chi connectivity index (χ0n) is 15.1. The monoisotopic (exact) mass is 413 g/mol. The molecule has 0 aliphatic carbocycles. The van der Waals surface area contributed by atoms with Crippen molar-refractivity contribution in [1.29, 1.82) is 0 Å². The van der Waals surface area contributed by atoms with Gasteiger partial charge in [-0.3, -0.25) is 4.79 Å². The number of hydrogen-bond donors (Lipinski definition) is 4. The van der Waals surface area contributed by atoms with Crippen LogP contribution in [0.4, 0.5) is 28.2 Å². The molecular weight excluding hydrogens is 394 g/mol. The maximum Gasteiger partial charge on any atom is 0.417 e. The van der Waals surface area contributed by atoms with Crippen molar-refractivity contribution in [3.8, 4) is 0 Å². The Bertz CT molecular complexity index is 810. The summed E-state index contributed by atoms with van der Waals surface area (Å²) in [5, 5.41) is 10.4. The number of hydrogen-bond acceptors (Lipinski definition) is 4. The number of amides is 3. The first-order valence-corrected chi connectivity index (χ1v) is 8.58. The normalized spacial score (nSPS) is 10.9. The van der Waals surface area contributed by atoms with E-state index in [1.807, 2.05) is 0 Å². The maximum atomic E-state index is 12.8. The van der Waals surface area contributed by atoms with Gasteiger partial charge in [0.05, 0.1) is 5.56 Å². The van der Waals surface area contributed by atoms with Crippen molar-refractivity contribution in [3.05, 3.63) is 59.5 Å². The van der Waals surface area contributed by atoms with E-state index in [-0.39, 0.29) is 37.9 Å². The zero-order chi connectivity index (χ0) is 21.3. The second-order valence-electron chi connectivity index (χ2n) is 5.80. The fourth-order valence-corrected chi connectivity index (χ4v) is 2.15. The number of urea groups is 1. The zero-order valence-corrected chi connectivity index (χ0v) is 15.1. The number of alkyl halides is 3. The van der Waals surface area contributed by atoms with Crippen LogP contribution in [-0.2, 0) is 6.18 Å². The Labute approximate surface area is 163 Å². The summed E-state index contributed by atoms with van der Waals surface area (Å²) in [6.45, 7) is 0.813. The number of benzene rings is 1. The van der Waals surface area contributed by atoms with E-state index in [1.165, 1.54) is 30.3 Å². The molecule has 1 aromatic heterocycles. The minimum Gasteiger partial charge on any atom is -0.368 e. The van der Waals surface area contributed by atoms with E-state index >= 15 is 0 Å². The van der Waals surface area contributed by atoms with Gasteiger partial charge >= 0.3 is 12.2 Å². The van der Waals surface area contributed by atoms with Gasteiger partial charge in [0.1, 0.15) is 11.6 Å². The van der Waals surface area contributed by atoms with Crippen molar-refractivity contribution in [2.45, 2.75) is 6.18 Å². The van der Waals surface area contributed by atoms with Crippen LogP contribution in [0.1, 0.15) is 15.9 Å². The number of anilines is 1. The van der Waals surface area contributed by atoms with Gasteiger partial charge in [-0.15, -0.1) is 0 Å². The molecule has 2 aromatic rings. The minimum atomic E-state index is -4.44. The molecule has 29 heavy (non-hydrogen) atoms. The summed E-state index contributed by atoms with van der Waals surface area (Å²) in [5.74, 6) is -0.576. The van der Waals surface area contributed by atoms with E-state index < -0.39 is 23.6 Å². The van der Waals surface area contributed by atoms with Crippen molar-refractivity contribution < 1.29 is 27.2 Å². The summed E-state index contributed by atoms with van der Waals surface area (Å²) in [5.41, 5.74) is -0.536. The molecule has 11 heteroatoms. The van der Waals surface area contributed by atoms with Crippen LogP contribution in [0.5, 0.6) is 0 Å². The van der Waals surface area contributed by atoms with Crippen LogP contribution < -0.4 is 21.3 Å². The molecule has 7 nitrogen and oxygen atoms in total. The third kappa shape index (κ3) is 7.64. The lowest BCUT2D eigenvalue weighted by atomic mass is 10.2. The van der Waals surface area contributed by atoms with Crippen LogP contribution in [-0.4, -0.2) is 43.1 Å². The van der Waals surface area contributed by atoms with Crippen molar-refractivity contribution in [2.24, 2.45) is 0 Å². The molecular formula is C18H19F4N5O2. The van der Waals surface area contributed by atoms with E-state index in [1.54, 1.807) is 0 Å². The fourth-order valence-electron chi connectivity index (χ4n) is 2.15. The smallest absolute Gasteiger partial charge is 0.368 e. The summed E-state index contributed by atoms with van der Waals surface area (Å²) in [6, 6.07) is 6.70. The van der Waals surface area contributed by atoms with E-state index in [2.05, 4.69) is 26.3 Å². The first-order valence-electron chi connectivity index (χ1n) is 8.58. The Hall–Kier alpha value is -3.37. The second-order valence-corrected chi connectivity index (χ2v) is 5.80. The van der Waals surface area contributed by atoms with E-state index in [4.69, 9.17) is 0 Å². The predicted octanol–water partition coefficient (Wildman–Crippen LogP) is 2.38. The molecule has 0 unspecified atom stereocenters. The van der Waals surface area contributed by atoms with Crippen LogP contribution in [0.25, 0.3) is 0 Å². The van der Waals surface area contributed by atoms with Crippen molar-refractivity contribution in [1.82, 2.24) is 20.9 Å². The summed E-state index contributed by atoms with van der Waals surface area (Å²) in [6.07, 6.45) is -3.72. The van der Waals surface area contributed by atoms with Gasteiger partial charge in [-0.25, -0.2) is 14.2 Å². The first kappa shape index (κ1) is 21.9. The number of aromatic nitrogens is 1. The second kappa shape index (κ2) is 10.2. The largest absolute Gasteiger partial charge is 0.417 e. The Morgan fingerprint density at radius 1 is 0.862 bits per heavy atom. The number of carbonyl (C=O) groups is 2. The van der Waals surface area contributed by atoms with E-state index in [0.29, 0.717) is 5.56 Å². The third-order valence-electron chi connectivity index (χ3n) is 3.61. The number of halogens is 4. The number of rotatable bonds is 8. The van der Waals surface area contributed by atoms with Gasteiger partial charge in [0.15, 0.2) is 0 Å². The molecule has 0 saturated carbocycles. The molecule has 0 aliphatic heterocycles. The molecule has 156 valence electrons. The van der Waals surface area contributed by atoms with Crippen LogP contribution in [0.15, 0.2) is 42.6 Å². The molecule has 2 rings (SSSR count). The fraction of sp³-hybridized carbons (Fsp3) is 0.278. The standard InChI is InChI=1S/C18H19F4N5O2/c19-14-4-1-12(2-5-14)16(28)24-8-10-26-17(29)25-9-7-23-15-6-3-13(11-27-15)18(20,21)22/h1-6,11H,7-10H2,(H,23,27)(H,24,28)(H2,25,26,29). The first-order chi connectivity index (χ1) is 13.8. The number of carbonyl (C=O) groups excluding carboxylic acids is 2. The highest BCUT2D eigenvalue weighted by molar-refractivity contribution is 5.94. The average molecular weight is 413 g/mol. The Kier molecular flexibility index (Phi) is 7.75. The van der Waals surface area contributed by atoms with Gasteiger partial charge in [-0.05, 0) is 36.4 Å². The molecule has 0 aliphatic rings. The summed E-state index contributed by atoms with van der Waals surface area (Å²) in [4.78, 5) is 27.0. The lowest BCUT2D eigenvalue weighted by Gasteiger charge is -2.10. The van der Waals surface area contributed by atoms with Crippen LogP contribution in [0, 0.1) is 5.82 Å². The van der Waals surface area contributed by atoms with Gasteiger partial charge < -0.3 is 21.3 Å². The van der Waals surface area contributed by atoms with E-state index in [0.717, 1.165) is 12.3 Å². The van der Waals surface area contributed by atoms with Crippen molar-refractivity contribution in [2.75, 3.05) is 31.5 Å².